The van der Waals surface area contributed by atoms with E-state index in [1.807, 2.05) is 45.0 Å². The van der Waals surface area contributed by atoms with Gasteiger partial charge in [-0.2, -0.15) is 0 Å². The van der Waals surface area contributed by atoms with Crippen molar-refractivity contribution in [1.29, 1.82) is 0 Å². The Balaban J connectivity index is 1.63. The van der Waals surface area contributed by atoms with Crippen LogP contribution in [0.3, 0.4) is 0 Å². The minimum absolute atomic E-state index is 0.0648. The molecule has 1 aromatic carbocycles. The van der Waals surface area contributed by atoms with Crippen molar-refractivity contribution in [3.05, 3.63) is 70.1 Å². The molecule has 3 amide bonds. The number of amides is 3. The average molecular weight is 537 g/mol. The molecule has 1 aliphatic heterocycles. The number of benzene rings is 1. The molecule has 38 heavy (non-hydrogen) atoms. The van der Waals surface area contributed by atoms with Crippen molar-refractivity contribution in [1.82, 2.24) is 19.4 Å². The van der Waals surface area contributed by atoms with Crippen LogP contribution >= 0.6 is 11.6 Å². The zero-order valence-electron chi connectivity index (χ0n) is 22.3. The van der Waals surface area contributed by atoms with Crippen molar-refractivity contribution >= 4 is 41.1 Å². The predicted molar refractivity (Wildman–Crippen MR) is 147 cm³/mol. The van der Waals surface area contributed by atoms with Crippen molar-refractivity contribution in [2.45, 2.75) is 52.0 Å². The first-order valence-corrected chi connectivity index (χ1v) is 13.0. The van der Waals surface area contributed by atoms with Crippen molar-refractivity contribution in [3.63, 3.8) is 0 Å². The quantitative estimate of drug-likeness (QED) is 0.438. The maximum Gasteiger partial charge on any atom is 0.253 e. The molecule has 1 aliphatic rings. The number of nitrogen functional groups attached to an aromatic ring is 1. The number of aromatic nitrogens is 3. The number of aryl methyl sites for hydroxylation is 3. The first kappa shape index (κ1) is 27.3. The minimum atomic E-state index is -0.961. The van der Waals surface area contributed by atoms with Crippen LogP contribution in [0.4, 0.5) is 11.8 Å². The lowest BCUT2D eigenvalue weighted by molar-refractivity contribution is -0.170. The molecule has 3 aromatic rings. The van der Waals surface area contributed by atoms with E-state index in [4.69, 9.17) is 17.3 Å². The van der Waals surface area contributed by atoms with Crippen molar-refractivity contribution in [2.24, 2.45) is 13.0 Å². The third-order valence-corrected chi connectivity index (χ3v) is 7.50. The summed E-state index contributed by atoms with van der Waals surface area (Å²) >= 11 is 6.46. The summed E-state index contributed by atoms with van der Waals surface area (Å²) in [4.78, 5) is 51.8. The van der Waals surface area contributed by atoms with Crippen LogP contribution in [-0.2, 0) is 27.9 Å². The first-order chi connectivity index (χ1) is 18.0. The van der Waals surface area contributed by atoms with Crippen LogP contribution in [0.5, 0.6) is 0 Å². The summed E-state index contributed by atoms with van der Waals surface area (Å²) in [6.07, 6.45) is 4.30. The minimum Gasteiger partial charge on any atom is -0.384 e. The molecule has 4 rings (SSSR count). The lowest BCUT2D eigenvalue weighted by Crippen LogP contribution is -2.69. The van der Waals surface area contributed by atoms with E-state index in [-0.39, 0.29) is 30.6 Å². The fourth-order valence-corrected chi connectivity index (χ4v) is 5.46. The van der Waals surface area contributed by atoms with Gasteiger partial charge in [-0.1, -0.05) is 36.2 Å². The molecule has 2 aromatic heterocycles. The predicted octanol–water partition coefficient (Wildman–Crippen LogP) is 3.81. The summed E-state index contributed by atoms with van der Waals surface area (Å²) in [5.41, 5.74) is 9.32. The van der Waals surface area contributed by atoms with E-state index in [0.29, 0.717) is 28.9 Å². The number of anilines is 2. The topological polar surface area (TPSA) is 114 Å². The van der Waals surface area contributed by atoms with E-state index in [1.165, 1.54) is 4.90 Å². The standard InChI is InChI=1S/C28H33ClN6O3/c1-6-19(20-11-16(2)7-8-22(20)29)15-24(36)35-25(27(38)34(5)28-31-9-10-33(28)4)21(26(35)37)13-18-12-17(3)32-23(30)14-18/h7-12,14,19,21,25H,6,13,15H2,1-5H3,(H2,30,32)/t19-,21+,25-/m0/s1. The van der Waals surface area contributed by atoms with Crippen LogP contribution < -0.4 is 10.6 Å². The third-order valence-electron chi connectivity index (χ3n) is 7.16. The number of imide groups is 1. The van der Waals surface area contributed by atoms with Crippen LogP contribution in [0.2, 0.25) is 5.02 Å². The fourth-order valence-electron chi connectivity index (χ4n) is 5.19. The molecule has 9 nitrogen and oxygen atoms in total. The molecule has 1 saturated heterocycles. The van der Waals surface area contributed by atoms with Crippen LogP contribution in [0.1, 0.15) is 48.1 Å². The van der Waals surface area contributed by atoms with Crippen molar-refractivity contribution < 1.29 is 14.4 Å². The molecule has 200 valence electrons. The number of hydrogen-bond acceptors (Lipinski definition) is 6. The van der Waals surface area contributed by atoms with E-state index in [0.717, 1.165) is 21.6 Å². The van der Waals surface area contributed by atoms with Gasteiger partial charge < -0.3 is 10.3 Å². The van der Waals surface area contributed by atoms with Gasteiger partial charge >= 0.3 is 0 Å². The maximum absolute atomic E-state index is 13.8. The van der Waals surface area contributed by atoms with Gasteiger partial charge in [-0.15, -0.1) is 0 Å². The SMILES string of the molecule is CC[C@@H](CC(=O)N1C(=O)[C@H](Cc2cc(C)nc(N)c2)[C@H]1C(=O)N(C)c1nccn1C)c1cc(C)ccc1Cl. The Morgan fingerprint density at radius 1 is 1.21 bits per heavy atom. The molecule has 0 saturated carbocycles. The van der Waals surface area contributed by atoms with Crippen LogP contribution in [0, 0.1) is 19.8 Å². The highest BCUT2D eigenvalue weighted by atomic mass is 35.5. The summed E-state index contributed by atoms with van der Waals surface area (Å²) in [5.74, 6) is -1.29. The van der Waals surface area contributed by atoms with Crippen LogP contribution in [-0.4, -0.2) is 50.2 Å². The number of carbonyl (C=O) groups excluding carboxylic acids is 3. The number of likely N-dealkylation sites (N-methyl/N-ethyl adjacent to an activating group) is 1. The number of carbonyl (C=O) groups is 3. The largest absolute Gasteiger partial charge is 0.384 e. The Kier molecular flexibility index (Phi) is 7.87. The Morgan fingerprint density at radius 2 is 1.95 bits per heavy atom. The second kappa shape index (κ2) is 10.9. The molecule has 2 N–H and O–H groups in total. The van der Waals surface area contributed by atoms with E-state index in [9.17, 15) is 14.4 Å². The number of rotatable bonds is 8. The number of imidazole rings is 1. The molecule has 0 radical (unpaired) electrons. The molecule has 0 bridgehead atoms. The Labute approximate surface area is 227 Å². The summed E-state index contributed by atoms with van der Waals surface area (Å²) in [7, 11) is 3.38. The maximum atomic E-state index is 13.8. The Morgan fingerprint density at radius 3 is 2.58 bits per heavy atom. The zero-order chi connectivity index (χ0) is 27.7. The number of nitrogens with two attached hydrogens (primary N) is 1. The third kappa shape index (κ3) is 5.29. The van der Waals surface area contributed by atoms with Crippen molar-refractivity contribution in [2.75, 3.05) is 17.7 Å². The normalized spacial score (nSPS) is 17.7. The smallest absolute Gasteiger partial charge is 0.253 e. The number of nitrogens with zero attached hydrogens (tertiary/aromatic N) is 5. The molecule has 1 fully saturated rings. The molecule has 3 atom stereocenters. The van der Waals surface area contributed by atoms with Crippen LogP contribution in [0.25, 0.3) is 0 Å². The lowest BCUT2D eigenvalue weighted by atomic mass is 9.80. The van der Waals surface area contributed by atoms with E-state index in [2.05, 4.69) is 9.97 Å². The summed E-state index contributed by atoms with van der Waals surface area (Å²) in [6, 6.07) is 8.28. The highest BCUT2D eigenvalue weighted by Crippen LogP contribution is 2.36. The second-order valence-corrected chi connectivity index (χ2v) is 10.4. The number of halogens is 1. The highest BCUT2D eigenvalue weighted by molar-refractivity contribution is 6.31. The van der Waals surface area contributed by atoms with Crippen molar-refractivity contribution in [3.8, 4) is 0 Å². The molecule has 10 heteroatoms. The molecule has 3 heterocycles. The van der Waals surface area contributed by atoms with Gasteiger partial charge in [0.1, 0.15) is 11.9 Å². The highest BCUT2D eigenvalue weighted by Gasteiger charge is 2.55. The lowest BCUT2D eigenvalue weighted by Gasteiger charge is -2.46. The number of likely N-dealkylation sites (tertiary alicyclic amines) is 1. The van der Waals surface area contributed by atoms with Gasteiger partial charge in [-0.05, 0) is 61.9 Å². The fraction of sp³-hybridized carbons (Fsp3) is 0.393. The van der Waals surface area contributed by atoms with E-state index < -0.39 is 17.9 Å². The van der Waals surface area contributed by atoms with Gasteiger partial charge in [0.15, 0.2) is 0 Å². The van der Waals surface area contributed by atoms with Gasteiger partial charge in [0, 0.05) is 43.6 Å². The van der Waals surface area contributed by atoms with E-state index in [1.54, 1.807) is 37.1 Å². The molecular formula is C28H33ClN6O3. The van der Waals surface area contributed by atoms with E-state index >= 15 is 0 Å². The van der Waals surface area contributed by atoms with Gasteiger partial charge in [0.25, 0.3) is 5.91 Å². The van der Waals surface area contributed by atoms with Gasteiger partial charge in [-0.25, -0.2) is 9.97 Å². The Hall–Kier alpha value is -3.72. The second-order valence-electron chi connectivity index (χ2n) is 9.97. The molecule has 0 spiro atoms. The number of hydrogen-bond donors (Lipinski definition) is 1. The number of pyridine rings is 1. The molecule has 0 unspecified atom stereocenters. The average Bonchev–Trinajstić information content (AvgIpc) is 3.29. The molecule has 0 aliphatic carbocycles. The van der Waals surface area contributed by atoms with Gasteiger partial charge in [0.2, 0.25) is 17.8 Å². The zero-order valence-corrected chi connectivity index (χ0v) is 23.1. The first-order valence-electron chi connectivity index (χ1n) is 12.6. The Bertz CT molecular complexity index is 1370. The van der Waals surface area contributed by atoms with Gasteiger partial charge in [-0.3, -0.25) is 24.2 Å². The van der Waals surface area contributed by atoms with Crippen LogP contribution in [0.15, 0.2) is 42.7 Å². The number of β-lactam (4-membered cyclic amide) rings is 1. The molecular weight excluding hydrogens is 504 g/mol. The summed E-state index contributed by atoms with van der Waals surface area (Å²) in [5, 5.41) is 0.579. The monoisotopic (exact) mass is 536 g/mol. The summed E-state index contributed by atoms with van der Waals surface area (Å²) in [6.45, 7) is 5.76. The van der Waals surface area contributed by atoms with Gasteiger partial charge in [0.05, 0.1) is 5.92 Å². The summed E-state index contributed by atoms with van der Waals surface area (Å²) < 4.78 is 1.71.